The lowest BCUT2D eigenvalue weighted by molar-refractivity contribution is 0.201. The van der Waals surface area contributed by atoms with E-state index in [9.17, 15) is 0 Å². The molecule has 1 fully saturated rings. The highest BCUT2D eigenvalue weighted by molar-refractivity contribution is 5.46. The molecule has 1 aliphatic rings. The van der Waals surface area contributed by atoms with Gasteiger partial charge in [-0.15, -0.1) is 0 Å². The Morgan fingerprint density at radius 1 is 1.35 bits per heavy atom. The van der Waals surface area contributed by atoms with Crippen molar-refractivity contribution in [1.82, 2.24) is 0 Å². The summed E-state index contributed by atoms with van der Waals surface area (Å²) in [7, 11) is 0. The van der Waals surface area contributed by atoms with Gasteiger partial charge in [0, 0.05) is 11.7 Å². The molecule has 0 aliphatic heterocycles. The maximum absolute atomic E-state index is 8.65. The van der Waals surface area contributed by atoms with Crippen LogP contribution in [0.4, 0.5) is 5.69 Å². The Bertz CT molecular complexity index is 333. The number of anilines is 1. The lowest BCUT2D eigenvalue weighted by Crippen LogP contribution is -2.15. The molecule has 2 rings (SSSR count). The van der Waals surface area contributed by atoms with Gasteiger partial charge in [0.05, 0.1) is 6.61 Å². The molecule has 1 aromatic rings. The molecule has 0 saturated heterocycles. The van der Waals surface area contributed by atoms with Crippen molar-refractivity contribution in [3.8, 4) is 5.75 Å². The minimum atomic E-state index is 0.0540. The van der Waals surface area contributed by atoms with Crippen molar-refractivity contribution in [3.63, 3.8) is 0 Å². The Balaban J connectivity index is 1.79. The quantitative estimate of drug-likeness (QED) is 0.763. The predicted octanol–water partition coefficient (Wildman–Crippen LogP) is 2.66. The maximum Gasteiger partial charge on any atom is 0.119 e. The van der Waals surface area contributed by atoms with Crippen molar-refractivity contribution in [2.75, 3.05) is 18.5 Å². The van der Waals surface area contributed by atoms with E-state index in [1.807, 2.05) is 24.3 Å². The number of aliphatic hydroxyl groups is 1. The van der Waals surface area contributed by atoms with Crippen molar-refractivity contribution in [3.05, 3.63) is 24.3 Å². The van der Waals surface area contributed by atoms with Gasteiger partial charge in [0.25, 0.3) is 0 Å². The second kappa shape index (κ2) is 5.92. The van der Waals surface area contributed by atoms with Gasteiger partial charge < -0.3 is 15.2 Å². The van der Waals surface area contributed by atoms with E-state index in [1.165, 1.54) is 19.3 Å². The van der Waals surface area contributed by atoms with Crippen LogP contribution < -0.4 is 10.1 Å². The monoisotopic (exact) mass is 235 g/mol. The van der Waals surface area contributed by atoms with E-state index in [0.29, 0.717) is 12.6 Å². The highest BCUT2D eigenvalue weighted by Gasteiger charge is 2.23. The first-order chi connectivity index (χ1) is 8.28. The molecule has 0 amide bonds. The first-order valence-electron chi connectivity index (χ1n) is 6.38. The van der Waals surface area contributed by atoms with Crippen molar-refractivity contribution < 1.29 is 9.84 Å². The van der Waals surface area contributed by atoms with Crippen LogP contribution in [-0.2, 0) is 0 Å². The molecule has 0 bridgehead atoms. The van der Waals surface area contributed by atoms with Crippen LogP contribution in [0.15, 0.2) is 24.3 Å². The Morgan fingerprint density at radius 2 is 2.06 bits per heavy atom. The van der Waals surface area contributed by atoms with Gasteiger partial charge in [-0.1, -0.05) is 12.8 Å². The molecule has 0 spiro atoms. The van der Waals surface area contributed by atoms with Crippen LogP contribution in [0.5, 0.6) is 5.75 Å². The normalized spacial score (nSPS) is 16.6. The first kappa shape index (κ1) is 12.2. The van der Waals surface area contributed by atoms with Crippen LogP contribution in [0.3, 0.4) is 0 Å². The summed E-state index contributed by atoms with van der Waals surface area (Å²) in [5.74, 6) is 1.75. The van der Waals surface area contributed by atoms with E-state index >= 15 is 0 Å². The molecule has 17 heavy (non-hydrogen) atoms. The van der Waals surface area contributed by atoms with Gasteiger partial charge in [-0.2, -0.15) is 0 Å². The van der Waals surface area contributed by atoms with Crippen molar-refractivity contribution in [1.29, 1.82) is 0 Å². The number of ether oxygens (including phenoxy) is 1. The van der Waals surface area contributed by atoms with Gasteiger partial charge in [0.1, 0.15) is 12.4 Å². The molecule has 1 aromatic carbocycles. The molecule has 0 radical (unpaired) electrons. The number of benzene rings is 1. The highest BCUT2D eigenvalue weighted by Crippen LogP contribution is 2.34. The standard InChI is InChI=1S/C14H21NO2/c1-11(10-12-2-3-12)15-13-4-6-14(7-5-13)17-9-8-16/h4-7,11-12,15-16H,2-3,8-10H2,1H3. The molecule has 1 atom stereocenters. The van der Waals surface area contributed by atoms with Gasteiger partial charge in [-0.3, -0.25) is 0 Å². The molecule has 0 heterocycles. The lowest BCUT2D eigenvalue weighted by atomic mass is 10.1. The maximum atomic E-state index is 8.65. The van der Waals surface area contributed by atoms with E-state index in [-0.39, 0.29) is 6.61 Å². The van der Waals surface area contributed by atoms with Crippen LogP contribution in [0.25, 0.3) is 0 Å². The smallest absolute Gasteiger partial charge is 0.119 e. The number of rotatable bonds is 7. The van der Waals surface area contributed by atoms with E-state index in [4.69, 9.17) is 9.84 Å². The van der Waals surface area contributed by atoms with E-state index in [1.54, 1.807) is 0 Å². The van der Waals surface area contributed by atoms with Gasteiger partial charge in [0.2, 0.25) is 0 Å². The Labute approximate surface area is 103 Å². The molecule has 0 aromatic heterocycles. The minimum absolute atomic E-state index is 0.0540. The molecule has 1 unspecified atom stereocenters. The average Bonchev–Trinajstić information content (AvgIpc) is 3.12. The highest BCUT2D eigenvalue weighted by atomic mass is 16.5. The van der Waals surface area contributed by atoms with Crippen LogP contribution in [-0.4, -0.2) is 24.4 Å². The largest absolute Gasteiger partial charge is 0.491 e. The van der Waals surface area contributed by atoms with E-state index < -0.39 is 0 Å². The van der Waals surface area contributed by atoms with Gasteiger partial charge in [0.15, 0.2) is 0 Å². The van der Waals surface area contributed by atoms with Crippen LogP contribution >= 0.6 is 0 Å². The summed E-state index contributed by atoms with van der Waals surface area (Å²) in [4.78, 5) is 0. The van der Waals surface area contributed by atoms with Gasteiger partial charge in [-0.25, -0.2) is 0 Å². The SMILES string of the molecule is CC(CC1CC1)Nc1ccc(OCCO)cc1. The fourth-order valence-corrected chi connectivity index (χ4v) is 2.01. The fraction of sp³-hybridized carbons (Fsp3) is 0.571. The summed E-state index contributed by atoms with van der Waals surface area (Å²) in [5.41, 5.74) is 1.13. The minimum Gasteiger partial charge on any atom is -0.491 e. The van der Waals surface area contributed by atoms with Crippen molar-refractivity contribution >= 4 is 5.69 Å². The Morgan fingerprint density at radius 3 is 2.65 bits per heavy atom. The summed E-state index contributed by atoms with van der Waals surface area (Å²) in [5, 5.41) is 12.1. The second-order valence-electron chi connectivity index (χ2n) is 4.82. The summed E-state index contributed by atoms with van der Waals surface area (Å²) < 4.78 is 5.31. The topological polar surface area (TPSA) is 41.5 Å². The zero-order chi connectivity index (χ0) is 12.1. The first-order valence-corrected chi connectivity index (χ1v) is 6.38. The molecule has 94 valence electrons. The van der Waals surface area contributed by atoms with E-state index in [0.717, 1.165) is 17.4 Å². The number of hydrogen-bond acceptors (Lipinski definition) is 3. The zero-order valence-electron chi connectivity index (χ0n) is 10.4. The van der Waals surface area contributed by atoms with Gasteiger partial charge in [-0.05, 0) is 43.5 Å². The number of hydrogen-bond donors (Lipinski definition) is 2. The molecule has 3 heteroatoms. The average molecular weight is 235 g/mol. The lowest BCUT2D eigenvalue weighted by Gasteiger charge is -2.15. The summed E-state index contributed by atoms with van der Waals surface area (Å²) in [6, 6.07) is 8.45. The number of aliphatic hydroxyl groups excluding tert-OH is 1. The summed E-state index contributed by atoms with van der Waals surface area (Å²) in [6.07, 6.45) is 4.07. The Hall–Kier alpha value is -1.22. The number of nitrogens with one attached hydrogen (secondary N) is 1. The molecule has 1 saturated carbocycles. The molecular formula is C14H21NO2. The van der Waals surface area contributed by atoms with E-state index in [2.05, 4.69) is 12.2 Å². The Kier molecular flexibility index (Phi) is 4.26. The summed E-state index contributed by atoms with van der Waals surface area (Å²) >= 11 is 0. The van der Waals surface area contributed by atoms with Crippen molar-refractivity contribution in [2.24, 2.45) is 5.92 Å². The molecule has 2 N–H and O–H groups in total. The predicted molar refractivity (Wildman–Crippen MR) is 69.4 cm³/mol. The summed E-state index contributed by atoms with van der Waals surface area (Å²) in [6.45, 7) is 2.64. The van der Waals surface area contributed by atoms with Crippen LogP contribution in [0.2, 0.25) is 0 Å². The fourth-order valence-electron chi connectivity index (χ4n) is 2.01. The molecule has 3 nitrogen and oxygen atoms in total. The van der Waals surface area contributed by atoms with Crippen LogP contribution in [0.1, 0.15) is 26.2 Å². The molecular weight excluding hydrogens is 214 g/mol. The third-order valence-electron chi connectivity index (χ3n) is 3.01. The third-order valence-corrected chi connectivity index (χ3v) is 3.01. The molecule has 1 aliphatic carbocycles. The van der Waals surface area contributed by atoms with Crippen molar-refractivity contribution in [2.45, 2.75) is 32.2 Å². The van der Waals surface area contributed by atoms with Crippen LogP contribution in [0, 0.1) is 5.92 Å². The van der Waals surface area contributed by atoms with Gasteiger partial charge >= 0.3 is 0 Å². The zero-order valence-corrected chi connectivity index (χ0v) is 10.4. The third kappa shape index (κ3) is 4.27. The second-order valence-corrected chi connectivity index (χ2v) is 4.82.